The zero-order valence-corrected chi connectivity index (χ0v) is 13.8. The SMILES string of the molecule is O=C(Nc1ccc(Cl)cn1)C1=NN(Cc2ccc(F)cc2)C(=O)CC1. The Bertz CT molecular complexity index is 822. The molecule has 2 aromatic rings. The summed E-state index contributed by atoms with van der Waals surface area (Å²) in [7, 11) is 0. The maximum absolute atomic E-state index is 13.0. The highest BCUT2D eigenvalue weighted by atomic mass is 35.5. The molecule has 0 atom stereocenters. The Labute approximate surface area is 148 Å². The van der Waals surface area contributed by atoms with Gasteiger partial charge in [0.05, 0.1) is 11.6 Å². The fraction of sp³-hybridized carbons (Fsp3) is 0.176. The van der Waals surface area contributed by atoms with E-state index in [4.69, 9.17) is 11.6 Å². The summed E-state index contributed by atoms with van der Waals surface area (Å²) in [6.07, 6.45) is 1.85. The van der Waals surface area contributed by atoms with Gasteiger partial charge in [-0.25, -0.2) is 14.4 Å². The number of hydrogen-bond acceptors (Lipinski definition) is 4. The molecule has 0 aliphatic carbocycles. The van der Waals surface area contributed by atoms with Gasteiger partial charge in [0.25, 0.3) is 5.91 Å². The van der Waals surface area contributed by atoms with Gasteiger partial charge >= 0.3 is 0 Å². The van der Waals surface area contributed by atoms with Gasteiger partial charge in [-0.05, 0) is 29.8 Å². The zero-order chi connectivity index (χ0) is 17.8. The third-order valence-corrected chi connectivity index (χ3v) is 3.81. The minimum Gasteiger partial charge on any atom is -0.305 e. The van der Waals surface area contributed by atoms with Crippen molar-refractivity contribution in [3.05, 3.63) is 59.0 Å². The largest absolute Gasteiger partial charge is 0.305 e. The molecule has 2 heterocycles. The minimum atomic E-state index is -0.425. The van der Waals surface area contributed by atoms with E-state index in [2.05, 4.69) is 15.4 Å². The molecule has 1 aromatic carbocycles. The number of nitrogens with zero attached hydrogens (tertiary/aromatic N) is 3. The number of rotatable bonds is 4. The summed E-state index contributed by atoms with van der Waals surface area (Å²) in [5.41, 5.74) is 0.956. The van der Waals surface area contributed by atoms with Crippen LogP contribution < -0.4 is 5.32 Å². The summed E-state index contributed by atoms with van der Waals surface area (Å²) < 4.78 is 13.0. The molecule has 25 heavy (non-hydrogen) atoms. The summed E-state index contributed by atoms with van der Waals surface area (Å²) >= 11 is 5.75. The van der Waals surface area contributed by atoms with Crippen LogP contribution in [-0.4, -0.2) is 27.5 Å². The predicted octanol–water partition coefficient (Wildman–Crippen LogP) is 2.99. The fourth-order valence-corrected chi connectivity index (χ4v) is 2.40. The van der Waals surface area contributed by atoms with E-state index in [0.29, 0.717) is 10.8 Å². The molecule has 3 rings (SSSR count). The lowest BCUT2D eigenvalue weighted by Gasteiger charge is -2.23. The summed E-state index contributed by atoms with van der Waals surface area (Å²) in [4.78, 5) is 28.3. The van der Waals surface area contributed by atoms with Crippen molar-refractivity contribution in [2.75, 3.05) is 5.32 Å². The lowest BCUT2D eigenvalue weighted by molar-refractivity contribution is -0.132. The summed E-state index contributed by atoms with van der Waals surface area (Å²) in [6.45, 7) is 0.176. The Morgan fingerprint density at radius 1 is 1.20 bits per heavy atom. The van der Waals surface area contributed by atoms with Crippen molar-refractivity contribution in [3.8, 4) is 0 Å². The van der Waals surface area contributed by atoms with Gasteiger partial charge in [-0.1, -0.05) is 23.7 Å². The standard InChI is InChI=1S/C17H14ClFN4O2/c18-12-3-7-15(20-9-12)21-17(25)14-6-8-16(24)23(22-14)10-11-1-4-13(19)5-2-11/h1-5,7,9H,6,8,10H2,(H,20,21,25). The molecule has 1 aromatic heterocycles. The molecule has 1 aliphatic heterocycles. The van der Waals surface area contributed by atoms with E-state index in [1.165, 1.54) is 23.3 Å². The summed E-state index contributed by atoms with van der Waals surface area (Å²) in [5.74, 6) is -0.622. The number of aromatic nitrogens is 1. The number of amides is 2. The lowest BCUT2D eigenvalue weighted by Crippen LogP contribution is -2.36. The Morgan fingerprint density at radius 2 is 1.96 bits per heavy atom. The molecule has 0 fully saturated rings. The normalized spacial score (nSPS) is 14.2. The van der Waals surface area contributed by atoms with Gasteiger partial charge in [0.2, 0.25) is 5.91 Å². The Hall–Kier alpha value is -2.80. The molecule has 128 valence electrons. The third kappa shape index (κ3) is 4.39. The topological polar surface area (TPSA) is 74.7 Å². The summed E-state index contributed by atoms with van der Waals surface area (Å²) in [5, 5.41) is 8.44. The first-order valence-corrected chi connectivity index (χ1v) is 7.94. The Morgan fingerprint density at radius 3 is 2.64 bits per heavy atom. The zero-order valence-electron chi connectivity index (χ0n) is 13.1. The van der Waals surface area contributed by atoms with Crippen molar-refractivity contribution in [2.24, 2.45) is 5.10 Å². The minimum absolute atomic E-state index is 0.176. The van der Waals surface area contributed by atoms with Crippen LogP contribution in [0.2, 0.25) is 5.02 Å². The highest BCUT2D eigenvalue weighted by molar-refractivity contribution is 6.43. The second-order valence-electron chi connectivity index (χ2n) is 5.44. The van der Waals surface area contributed by atoms with Gasteiger partial charge in [-0.2, -0.15) is 5.10 Å². The van der Waals surface area contributed by atoms with Crippen LogP contribution in [0.5, 0.6) is 0 Å². The van der Waals surface area contributed by atoms with E-state index in [-0.39, 0.29) is 36.8 Å². The number of halogens is 2. The first kappa shape index (κ1) is 17.0. The smallest absolute Gasteiger partial charge is 0.273 e. The van der Waals surface area contributed by atoms with Crippen LogP contribution in [0.4, 0.5) is 10.2 Å². The number of benzene rings is 1. The molecule has 8 heteroatoms. The van der Waals surface area contributed by atoms with Gasteiger partial charge in [0.1, 0.15) is 17.3 Å². The van der Waals surface area contributed by atoms with Crippen LogP contribution in [-0.2, 0) is 16.1 Å². The quantitative estimate of drug-likeness (QED) is 0.910. The fourth-order valence-electron chi connectivity index (χ4n) is 2.29. The average molecular weight is 361 g/mol. The molecular formula is C17H14ClFN4O2. The van der Waals surface area contributed by atoms with Gasteiger partial charge in [0.15, 0.2) is 0 Å². The Kier molecular flexibility index (Phi) is 5.04. The molecule has 0 saturated heterocycles. The van der Waals surface area contributed by atoms with Crippen molar-refractivity contribution >= 4 is 34.9 Å². The van der Waals surface area contributed by atoms with Crippen molar-refractivity contribution in [3.63, 3.8) is 0 Å². The van der Waals surface area contributed by atoms with Crippen LogP contribution >= 0.6 is 11.6 Å². The van der Waals surface area contributed by atoms with E-state index in [1.807, 2.05) is 0 Å². The number of carbonyl (C=O) groups is 2. The predicted molar refractivity (Wildman–Crippen MR) is 91.5 cm³/mol. The van der Waals surface area contributed by atoms with Crippen molar-refractivity contribution < 1.29 is 14.0 Å². The monoisotopic (exact) mass is 360 g/mol. The van der Waals surface area contributed by atoms with Crippen molar-refractivity contribution in [2.45, 2.75) is 19.4 Å². The highest BCUT2D eigenvalue weighted by Gasteiger charge is 2.24. The van der Waals surface area contributed by atoms with Crippen molar-refractivity contribution in [1.82, 2.24) is 9.99 Å². The van der Waals surface area contributed by atoms with E-state index in [0.717, 1.165) is 5.56 Å². The molecule has 6 nitrogen and oxygen atoms in total. The molecule has 0 saturated carbocycles. The first-order chi connectivity index (χ1) is 12.0. The van der Waals surface area contributed by atoms with Crippen molar-refractivity contribution in [1.29, 1.82) is 0 Å². The van der Waals surface area contributed by atoms with E-state index >= 15 is 0 Å². The van der Waals surface area contributed by atoms with Crippen LogP contribution in [0.3, 0.4) is 0 Å². The second kappa shape index (κ2) is 7.40. The third-order valence-electron chi connectivity index (χ3n) is 3.58. The van der Waals surface area contributed by atoms with Gasteiger partial charge < -0.3 is 5.32 Å². The van der Waals surface area contributed by atoms with Gasteiger partial charge in [0, 0.05) is 19.0 Å². The molecule has 0 bridgehead atoms. The molecule has 1 N–H and O–H groups in total. The van der Waals surface area contributed by atoms with E-state index < -0.39 is 5.91 Å². The van der Waals surface area contributed by atoms with Crippen LogP contribution in [0.1, 0.15) is 18.4 Å². The highest BCUT2D eigenvalue weighted by Crippen LogP contribution is 2.15. The molecule has 0 spiro atoms. The molecular weight excluding hydrogens is 347 g/mol. The van der Waals surface area contributed by atoms with Gasteiger partial charge in [-0.15, -0.1) is 0 Å². The Balaban J connectivity index is 1.72. The molecule has 0 unspecified atom stereocenters. The average Bonchev–Trinajstić information content (AvgIpc) is 2.60. The molecule has 0 radical (unpaired) electrons. The lowest BCUT2D eigenvalue weighted by atomic mass is 10.1. The van der Waals surface area contributed by atoms with E-state index in [1.54, 1.807) is 24.3 Å². The first-order valence-electron chi connectivity index (χ1n) is 7.56. The number of pyridine rings is 1. The van der Waals surface area contributed by atoms with Crippen LogP contribution in [0, 0.1) is 5.82 Å². The number of carbonyl (C=O) groups excluding carboxylic acids is 2. The number of nitrogens with one attached hydrogen (secondary N) is 1. The molecule has 2 amide bonds. The van der Waals surface area contributed by atoms with Crippen LogP contribution in [0.25, 0.3) is 0 Å². The van der Waals surface area contributed by atoms with Gasteiger partial charge in [-0.3, -0.25) is 9.59 Å². The summed E-state index contributed by atoms with van der Waals surface area (Å²) in [6, 6.07) is 8.96. The van der Waals surface area contributed by atoms with Crippen LogP contribution in [0.15, 0.2) is 47.7 Å². The number of hydrogen-bond donors (Lipinski definition) is 1. The van der Waals surface area contributed by atoms with E-state index in [9.17, 15) is 14.0 Å². The number of hydrazone groups is 1. The molecule has 1 aliphatic rings. The maximum Gasteiger partial charge on any atom is 0.273 e. The maximum atomic E-state index is 13.0. The number of anilines is 1. The second-order valence-corrected chi connectivity index (χ2v) is 5.88.